The van der Waals surface area contributed by atoms with Crippen LogP contribution in [-0.2, 0) is 32.6 Å². The molecule has 7 nitrogen and oxygen atoms in total. The van der Waals surface area contributed by atoms with Gasteiger partial charge in [0.2, 0.25) is 11.8 Å². The van der Waals surface area contributed by atoms with E-state index in [0.29, 0.717) is 17.3 Å². The first kappa shape index (κ1) is 33.7. The number of halogens is 1. The Kier molecular flexibility index (Phi) is 11.4. The SMILES string of the molecule is CCNC(=O)C(Cc1ccccc1)N(Cc1ccc(Cl)cc1)C(=O)CN(c1ccc(C(C)C)cc1)S(=O)(=O)c1ccc(C)cc1. The van der Waals surface area contributed by atoms with Gasteiger partial charge in [0.1, 0.15) is 12.6 Å². The van der Waals surface area contributed by atoms with Crippen LogP contribution < -0.4 is 9.62 Å². The second-order valence-electron chi connectivity index (χ2n) is 11.3. The zero-order chi connectivity index (χ0) is 32.6. The summed E-state index contributed by atoms with van der Waals surface area (Å²) in [5.74, 6) is -0.591. The summed E-state index contributed by atoms with van der Waals surface area (Å²) in [5, 5.41) is 3.42. The Balaban J connectivity index is 1.80. The number of rotatable bonds is 13. The standard InChI is InChI=1S/C36H40ClN3O4S/c1-5-38-36(42)34(23-28-9-7-6-8-10-28)39(24-29-13-17-31(37)18-14-29)35(41)25-40(32-19-15-30(16-20-32)26(2)3)45(43,44)33-21-11-27(4)12-22-33/h6-22,26,34H,5,23-25H2,1-4H3,(H,38,42). The molecule has 1 N–H and O–H groups in total. The number of anilines is 1. The largest absolute Gasteiger partial charge is 0.355 e. The molecule has 0 spiro atoms. The van der Waals surface area contributed by atoms with Crippen molar-refractivity contribution in [2.75, 3.05) is 17.4 Å². The van der Waals surface area contributed by atoms with Crippen molar-refractivity contribution in [1.29, 1.82) is 0 Å². The summed E-state index contributed by atoms with van der Waals surface area (Å²) < 4.78 is 29.5. The predicted octanol–water partition coefficient (Wildman–Crippen LogP) is 6.74. The Bertz CT molecular complexity index is 1680. The minimum absolute atomic E-state index is 0.0719. The molecule has 0 fully saturated rings. The third kappa shape index (κ3) is 8.74. The van der Waals surface area contributed by atoms with Crippen LogP contribution in [0.1, 0.15) is 48.9 Å². The number of amides is 2. The second-order valence-corrected chi connectivity index (χ2v) is 13.6. The van der Waals surface area contributed by atoms with Crippen LogP contribution >= 0.6 is 11.6 Å². The van der Waals surface area contributed by atoms with Crippen LogP contribution in [0.15, 0.2) is 108 Å². The summed E-state index contributed by atoms with van der Waals surface area (Å²) in [6.07, 6.45) is 0.250. The molecule has 0 aliphatic rings. The van der Waals surface area contributed by atoms with Crippen molar-refractivity contribution in [2.45, 2.75) is 57.5 Å². The Morgan fingerprint density at radius 3 is 2.02 bits per heavy atom. The van der Waals surface area contributed by atoms with E-state index in [2.05, 4.69) is 19.2 Å². The van der Waals surface area contributed by atoms with Crippen molar-refractivity contribution in [3.63, 3.8) is 0 Å². The van der Waals surface area contributed by atoms with Crippen molar-refractivity contribution in [2.24, 2.45) is 0 Å². The van der Waals surface area contributed by atoms with Gasteiger partial charge in [-0.3, -0.25) is 13.9 Å². The number of sulfonamides is 1. The minimum Gasteiger partial charge on any atom is -0.355 e. The van der Waals surface area contributed by atoms with Crippen molar-refractivity contribution < 1.29 is 18.0 Å². The number of carbonyl (C=O) groups is 2. The number of aryl methyl sites for hydroxylation is 1. The van der Waals surface area contributed by atoms with Crippen LogP contribution in [0.5, 0.6) is 0 Å². The molecule has 0 heterocycles. The molecule has 0 radical (unpaired) electrons. The molecule has 4 aromatic rings. The highest BCUT2D eigenvalue weighted by Crippen LogP contribution is 2.27. The first-order valence-electron chi connectivity index (χ1n) is 15.0. The Morgan fingerprint density at radius 2 is 1.44 bits per heavy atom. The van der Waals surface area contributed by atoms with Gasteiger partial charge in [0.15, 0.2) is 0 Å². The molecule has 1 unspecified atom stereocenters. The molecule has 0 aliphatic carbocycles. The molecule has 236 valence electrons. The van der Waals surface area contributed by atoms with Gasteiger partial charge in [0.05, 0.1) is 10.6 Å². The van der Waals surface area contributed by atoms with Gasteiger partial charge < -0.3 is 10.2 Å². The quantitative estimate of drug-likeness (QED) is 0.174. The van der Waals surface area contributed by atoms with Gasteiger partial charge in [-0.1, -0.05) is 97.7 Å². The lowest BCUT2D eigenvalue weighted by Crippen LogP contribution is -2.53. The van der Waals surface area contributed by atoms with Gasteiger partial charge >= 0.3 is 0 Å². The van der Waals surface area contributed by atoms with Gasteiger partial charge in [0.25, 0.3) is 10.0 Å². The van der Waals surface area contributed by atoms with E-state index in [9.17, 15) is 18.0 Å². The molecule has 4 aromatic carbocycles. The van der Waals surface area contributed by atoms with Crippen LogP contribution in [0.2, 0.25) is 5.02 Å². The van der Waals surface area contributed by atoms with Crippen molar-refractivity contribution in [1.82, 2.24) is 10.2 Å². The van der Waals surface area contributed by atoms with E-state index in [-0.39, 0.29) is 29.7 Å². The van der Waals surface area contributed by atoms with E-state index >= 15 is 0 Å². The molecule has 0 saturated heterocycles. The summed E-state index contributed by atoms with van der Waals surface area (Å²) in [6.45, 7) is 7.77. The third-order valence-electron chi connectivity index (χ3n) is 7.62. The summed E-state index contributed by atoms with van der Waals surface area (Å²) in [7, 11) is -4.16. The van der Waals surface area contributed by atoms with Crippen molar-refractivity contribution in [3.8, 4) is 0 Å². The maximum atomic E-state index is 14.5. The van der Waals surface area contributed by atoms with E-state index in [1.807, 2.05) is 56.3 Å². The van der Waals surface area contributed by atoms with Gasteiger partial charge in [0, 0.05) is 24.5 Å². The number of likely N-dealkylation sites (N-methyl/N-ethyl adjacent to an activating group) is 1. The first-order chi connectivity index (χ1) is 21.5. The van der Waals surface area contributed by atoms with E-state index in [4.69, 9.17) is 11.6 Å². The molecule has 0 bridgehead atoms. The fourth-order valence-electron chi connectivity index (χ4n) is 5.02. The third-order valence-corrected chi connectivity index (χ3v) is 9.66. The highest BCUT2D eigenvalue weighted by Gasteiger charge is 2.34. The van der Waals surface area contributed by atoms with E-state index in [0.717, 1.165) is 26.6 Å². The highest BCUT2D eigenvalue weighted by atomic mass is 35.5. The lowest BCUT2D eigenvalue weighted by atomic mass is 10.0. The van der Waals surface area contributed by atoms with Gasteiger partial charge in [-0.05, 0) is 72.9 Å². The van der Waals surface area contributed by atoms with E-state index < -0.39 is 28.5 Å². The summed E-state index contributed by atoms with van der Waals surface area (Å²) >= 11 is 6.14. The second kappa shape index (κ2) is 15.2. The van der Waals surface area contributed by atoms with Crippen molar-refractivity contribution >= 4 is 39.1 Å². The molecule has 1 atom stereocenters. The summed E-state index contributed by atoms with van der Waals surface area (Å²) in [6, 6.07) is 29.4. The van der Waals surface area contributed by atoms with Crippen LogP contribution in [0.25, 0.3) is 0 Å². The normalized spacial score (nSPS) is 12.0. The molecular formula is C36H40ClN3O4S. The zero-order valence-electron chi connectivity index (χ0n) is 26.1. The number of hydrogen-bond donors (Lipinski definition) is 1. The van der Waals surface area contributed by atoms with Gasteiger partial charge in [-0.25, -0.2) is 8.42 Å². The molecule has 9 heteroatoms. The smallest absolute Gasteiger partial charge is 0.264 e. The Morgan fingerprint density at radius 1 is 0.822 bits per heavy atom. The average molecular weight is 646 g/mol. The average Bonchev–Trinajstić information content (AvgIpc) is 3.03. The van der Waals surface area contributed by atoms with E-state index in [1.54, 1.807) is 60.7 Å². The molecule has 0 aliphatic heterocycles. The van der Waals surface area contributed by atoms with Gasteiger partial charge in [-0.15, -0.1) is 0 Å². The molecule has 2 amide bonds. The number of nitrogens with one attached hydrogen (secondary N) is 1. The van der Waals surface area contributed by atoms with Crippen LogP contribution in [0, 0.1) is 6.92 Å². The Labute approximate surface area is 271 Å². The molecule has 45 heavy (non-hydrogen) atoms. The molecule has 0 saturated carbocycles. The fraction of sp³-hybridized carbons (Fsp3) is 0.278. The first-order valence-corrected chi connectivity index (χ1v) is 16.9. The predicted molar refractivity (Wildman–Crippen MR) is 181 cm³/mol. The van der Waals surface area contributed by atoms with E-state index in [1.165, 1.54) is 4.90 Å². The highest BCUT2D eigenvalue weighted by molar-refractivity contribution is 7.92. The summed E-state index contributed by atoms with van der Waals surface area (Å²) in [5.41, 5.74) is 3.94. The maximum absolute atomic E-state index is 14.5. The van der Waals surface area contributed by atoms with Crippen LogP contribution in [0.3, 0.4) is 0 Å². The molecule has 4 rings (SSSR count). The number of hydrogen-bond acceptors (Lipinski definition) is 4. The topological polar surface area (TPSA) is 86.8 Å². The number of carbonyl (C=O) groups excluding carboxylic acids is 2. The number of benzene rings is 4. The Hall–Kier alpha value is -4.14. The van der Waals surface area contributed by atoms with Gasteiger partial charge in [-0.2, -0.15) is 0 Å². The lowest BCUT2D eigenvalue weighted by molar-refractivity contribution is -0.140. The summed E-state index contributed by atoms with van der Waals surface area (Å²) in [4.78, 5) is 29.6. The fourth-order valence-corrected chi connectivity index (χ4v) is 6.56. The molecule has 0 aromatic heterocycles. The van der Waals surface area contributed by atoms with Crippen LogP contribution in [-0.4, -0.2) is 44.3 Å². The maximum Gasteiger partial charge on any atom is 0.264 e. The lowest BCUT2D eigenvalue weighted by Gasteiger charge is -2.34. The number of nitrogens with zero attached hydrogens (tertiary/aromatic N) is 2. The minimum atomic E-state index is -4.16. The monoisotopic (exact) mass is 645 g/mol. The zero-order valence-corrected chi connectivity index (χ0v) is 27.7. The molecular weight excluding hydrogens is 606 g/mol. The van der Waals surface area contributed by atoms with Crippen molar-refractivity contribution in [3.05, 3.63) is 130 Å². The van der Waals surface area contributed by atoms with Crippen LogP contribution in [0.4, 0.5) is 5.69 Å².